The van der Waals surface area contributed by atoms with E-state index in [0.29, 0.717) is 31.0 Å². The molecule has 6 heteroatoms. The van der Waals surface area contributed by atoms with Gasteiger partial charge in [-0.3, -0.25) is 9.59 Å². The molecule has 0 aliphatic rings. The fraction of sp³-hybridized carbons (Fsp3) is 0.364. The van der Waals surface area contributed by atoms with Gasteiger partial charge in [0.05, 0.1) is 14.2 Å². The van der Waals surface area contributed by atoms with Crippen LogP contribution in [0.25, 0.3) is 0 Å². The maximum absolute atomic E-state index is 12.5. The molecule has 0 heterocycles. The molecule has 2 rings (SSSR count). The Balaban J connectivity index is 1.92. The van der Waals surface area contributed by atoms with Crippen LogP contribution in [0.2, 0.25) is 0 Å². The molecule has 1 N–H and O–H groups in total. The minimum atomic E-state index is -0.553. The Labute approximate surface area is 166 Å². The fourth-order valence-electron chi connectivity index (χ4n) is 2.96. The minimum Gasteiger partial charge on any atom is -0.493 e. The first-order chi connectivity index (χ1) is 13.5. The molecule has 0 aliphatic heterocycles. The van der Waals surface area contributed by atoms with Crippen molar-refractivity contribution in [2.24, 2.45) is 0 Å². The summed E-state index contributed by atoms with van der Waals surface area (Å²) < 4.78 is 10.5. The normalized spacial score (nSPS) is 11.4. The molecule has 0 saturated carbocycles. The van der Waals surface area contributed by atoms with Gasteiger partial charge in [0.2, 0.25) is 11.8 Å². The van der Waals surface area contributed by atoms with E-state index in [-0.39, 0.29) is 11.8 Å². The number of hydrogen-bond acceptors (Lipinski definition) is 4. The number of methoxy groups -OCH3 is 2. The highest BCUT2D eigenvalue weighted by molar-refractivity contribution is 5.86. The largest absolute Gasteiger partial charge is 0.493 e. The van der Waals surface area contributed by atoms with Gasteiger partial charge in [-0.1, -0.05) is 36.4 Å². The molecule has 0 spiro atoms. The number of rotatable bonds is 9. The average molecular weight is 384 g/mol. The number of carbonyl (C=O) groups is 2. The van der Waals surface area contributed by atoms with E-state index in [1.807, 2.05) is 48.5 Å². The SMILES string of the molecule is COc1ccc(CCNC(=O)[C@@H](C)N(Cc2ccccc2)C(C)=O)cc1OC. The first kappa shape index (κ1) is 21.3. The first-order valence-corrected chi connectivity index (χ1v) is 9.26. The van der Waals surface area contributed by atoms with Gasteiger partial charge in [-0.05, 0) is 36.6 Å². The Morgan fingerprint density at radius 2 is 1.68 bits per heavy atom. The third kappa shape index (κ3) is 5.74. The topological polar surface area (TPSA) is 67.9 Å². The van der Waals surface area contributed by atoms with E-state index in [9.17, 15) is 9.59 Å². The molecule has 1 atom stereocenters. The number of amides is 2. The maximum Gasteiger partial charge on any atom is 0.242 e. The Morgan fingerprint density at radius 3 is 2.29 bits per heavy atom. The molecule has 150 valence electrons. The Morgan fingerprint density at radius 1 is 1.00 bits per heavy atom. The zero-order chi connectivity index (χ0) is 20.5. The van der Waals surface area contributed by atoms with Crippen LogP contribution < -0.4 is 14.8 Å². The summed E-state index contributed by atoms with van der Waals surface area (Å²) in [7, 11) is 3.18. The van der Waals surface area contributed by atoms with Crippen molar-refractivity contribution in [2.75, 3.05) is 20.8 Å². The lowest BCUT2D eigenvalue weighted by Gasteiger charge is -2.27. The fourth-order valence-corrected chi connectivity index (χ4v) is 2.96. The van der Waals surface area contributed by atoms with E-state index >= 15 is 0 Å². The van der Waals surface area contributed by atoms with Gasteiger partial charge >= 0.3 is 0 Å². The summed E-state index contributed by atoms with van der Waals surface area (Å²) in [4.78, 5) is 26.2. The smallest absolute Gasteiger partial charge is 0.242 e. The number of nitrogens with zero attached hydrogens (tertiary/aromatic N) is 1. The molecule has 28 heavy (non-hydrogen) atoms. The van der Waals surface area contributed by atoms with Crippen LogP contribution in [0.15, 0.2) is 48.5 Å². The van der Waals surface area contributed by atoms with Crippen molar-refractivity contribution in [3.63, 3.8) is 0 Å². The number of ether oxygens (including phenoxy) is 2. The van der Waals surface area contributed by atoms with Crippen LogP contribution in [0.5, 0.6) is 11.5 Å². The quantitative estimate of drug-likeness (QED) is 0.722. The van der Waals surface area contributed by atoms with Crippen molar-refractivity contribution in [1.29, 1.82) is 0 Å². The summed E-state index contributed by atoms with van der Waals surface area (Å²) in [5.74, 6) is 1.02. The van der Waals surface area contributed by atoms with Crippen LogP contribution >= 0.6 is 0 Å². The van der Waals surface area contributed by atoms with E-state index in [2.05, 4.69) is 5.32 Å². The van der Waals surface area contributed by atoms with E-state index in [1.54, 1.807) is 26.0 Å². The molecule has 0 radical (unpaired) electrons. The minimum absolute atomic E-state index is 0.133. The molecule has 2 amide bonds. The first-order valence-electron chi connectivity index (χ1n) is 9.26. The summed E-state index contributed by atoms with van der Waals surface area (Å²) >= 11 is 0. The number of hydrogen-bond donors (Lipinski definition) is 1. The molecule has 0 aliphatic carbocycles. The molecule has 0 fully saturated rings. The third-order valence-electron chi connectivity index (χ3n) is 4.61. The van der Waals surface area contributed by atoms with Crippen molar-refractivity contribution in [1.82, 2.24) is 10.2 Å². The summed E-state index contributed by atoms with van der Waals surface area (Å²) in [6.45, 7) is 4.10. The summed E-state index contributed by atoms with van der Waals surface area (Å²) in [6, 6.07) is 14.8. The lowest BCUT2D eigenvalue weighted by atomic mass is 10.1. The van der Waals surface area contributed by atoms with E-state index < -0.39 is 6.04 Å². The van der Waals surface area contributed by atoms with Gasteiger partial charge in [0.1, 0.15) is 6.04 Å². The Kier molecular flexibility index (Phi) is 7.87. The number of benzene rings is 2. The van der Waals surface area contributed by atoms with Gasteiger partial charge in [0.25, 0.3) is 0 Å². The van der Waals surface area contributed by atoms with Gasteiger partial charge in [-0.25, -0.2) is 0 Å². The van der Waals surface area contributed by atoms with Crippen LogP contribution in [0.4, 0.5) is 0 Å². The monoisotopic (exact) mass is 384 g/mol. The second-order valence-electron chi connectivity index (χ2n) is 6.54. The molecular weight excluding hydrogens is 356 g/mol. The molecule has 2 aromatic carbocycles. The van der Waals surface area contributed by atoms with Crippen molar-refractivity contribution in [3.05, 3.63) is 59.7 Å². The zero-order valence-electron chi connectivity index (χ0n) is 16.9. The van der Waals surface area contributed by atoms with Gasteiger partial charge in [0.15, 0.2) is 11.5 Å². The molecule has 0 aromatic heterocycles. The molecule has 0 saturated heterocycles. The average Bonchev–Trinajstić information content (AvgIpc) is 2.71. The lowest BCUT2D eigenvalue weighted by molar-refractivity contribution is -0.138. The summed E-state index contributed by atoms with van der Waals surface area (Å²) in [5, 5.41) is 2.91. The van der Waals surface area contributed by atoms with Crippen LogP contribution in [0.1, 0.15) is 25.0 Å². The van der Waals surface area contributed by atoms with Crippen molar-refractivity contribution in [2.45, 2.75) is 32.9 Å². The van der Waals surface area contributed by atoms with E-state index in [0.717, 1.165) is 11.1 Å². The van der Waals surface area contributed by atoms with E-state index in [1.165, 1.54) is 6.92 Å². The van der Waals surface area contributed by atoms with Gasteiger partial charge < -0.3 is 19.7 Å². The highest BCUT2D eigenvalue weighted by Gasteiger charge is 2.23. The Hall–Kier alpha value is -3.02. The second kappa shape index (κ2) is 10.3. The van der Waals surface area contributed by atoms with Crippen molar-refractivity contribution in [3.8, 4) is 11.5 Å². The molecule has 0 bridgehead atoms. The molecule has 2 aromatic rings. The molecule has 6 nitrogen and oxygen atoms in total. The second-order valence-corrected chi connectivity index (χ2v) is 6.54. The summed E-state index contributed by atoms with van der Waals surface area (Å²) in [6.07, 6.45) is 0.650. The van der Waals surface area contributed by atoms with Crippen LogP contribution in [-0.4, -0.2) is 43.5 Å². The van der Waals surface area contributed by atoms with Gasteiger partial charge in [0, 0.05) is 20.0 Å². The lowest BCUT2D eigenvalue weighted by Crippen LogP contribution is -2.47. The standard InChI is InChI=1S/C22H28N2O4/c1-16(24(17(2)25)15-19-8-6-5-7-9-19)22(26)23-13-12-18-10-11-20(27-3)21(14-18)28-4/h5-11,14,16H,12-13,15H2,1-4H3,(H,23,26)/t16-/m1/s1. The predicted molar refractivity (Wildman–Crippen MR) is 108 cm³/mol. The zero-order valence-corrected chi connectivity index (χ0v) is 16.9. The predicted octanol–water partition coefficient (Wildman–Crippen LogP) is 2.80. The maximum atomic E-state index is 12.5. The molecule has 0 unspecified atom stereocenters. The summed E-state index contributed by atoms with van der Waals surface area (Å²) in [5.41, 5.74) is 2.01. The van der Waals surface area contributed by atoms with Gasteiger partial charge in [-0.15, -0.1) is 0 Å². The van der Waals surface area contributed by atoms with Gasteiger partial charge in [-0.2, -0.15) is 0 Å². The van der Waals surface area contributed by atoms with E-state index in [4.69, 9.17) is 9.47 Å². The Bertz CT molecular complexity index is 792. The highest BCUT2D eigenvalue weighted by Crippen LogP contribution is 2.27. The number of nitrogens with one attached hydrogen (secondary N) is 1. The molecular formula is C22H28N2O4. The van der Waals surface area contributed by atoms with Crippen LogP contribution in [-0.2, 0) is 22.6 Å². The van der Waals surface area contributed by atoms with Crippen molar-refractivity contribution >= 4 is 11.8 Å². The van der Waals surface area contributed by atoms with Crippen LogP contribution in [0.3, 0.4) is 0 Å². The third-order valence-corrected chi connectivity index (χ3v) is 4.61. The number of carbonyl (C=O) groups excluding carboxylic acids is 2. The highest BCUT2D eigenvalue weighted by atomic mass is 16.5. The van der Waals surface area contributed by atoms with Crippen LogP contribution in [0, 0.1) is 0 Å². The van der Waals surface area contributed by atoms with Crippen molar-refractivity contribution < 1.29 is 19.1 Å².